The third-order valence-electron chi connectivity index (χ3n) is 7.34. The van der Waals surface area contributed by atoms with Crippen molar-refractivity contribution in [3.63, 3.8) is 0 Å². The van der Waals surface area contributed by atoms with Crippen LogP contribution in [0.1, 0.15) is 65.3 Å². The molecular formula is C30H30N6. The minimum atomic E-state index is 0.709. The molecule has 5 aromatic rings. The zero-order valence-electron chi connectivity index (χ0n) is 21.0. The first-order valence-electron chi connectivity index (χ1n) is 12.7. The molecule has 0 bridgehead atoms. The Kier molecular flexibility index (Phi) is 5.72. The number of imidazole rings is 1. The highest BCUT2D eigenvalue weighted by Gasteiger charge is 2.22. The van der Waals surface area contributed by atoms with E-state index < -0.39 is 0 Å². The number of aromatic nitrogens is 6. The van der Waals surface area contributed by atoms with Crippen LogP contribution in [0.4, 0.5) is 0 Å². The quantitative estimate of drug-likeness (QED) is 0.342. The van der Waals surface area contributed by atoms with Gasteiger partial charge >= 0.3 is 0 Å². The van der Waals surface area contributed by atoms with Crippen molar-refractivity contribution in [2.24, 2.45) is 0 Å². The van der Waals surface area contributed by atoms with Gasteiger partial charge < -0.3 is 4.57 Å². The Labute approximate surface area is 211 Å². The summed E-state index contributed by atoms with van der Waals surface area (Å²) in [7, 11) is 0. The molecule has 0 unspecified atom stereocenters. The third kappa shape index (κ3) is 3.83. The molecule has 2 heterocycles. The third-order valence-corrected chi connectivity index (χ3v) is 7.34. The van der Waals surface area contributed by atoms with Crippen LogP contribution in [-0.2, 0) is 25.8 Å². The molecule has 0 atom stereocenters. The van der Waals surface area contributed by atoms with E-state index in [0.717, 1.165) is 43.3 Å². The Hall–Kier alpha value is -4.06. The number of hydrogen-bond donors (Lipinski definition) is 1. The lowest BCUT2D eigenvalue weighted by atomic mass is 9.89. The number of para-hydroxylation sites is 1. The van der Waals surface area contributed by atoms with Crippen LogP contribution in [0.25, 0.3) is 22.2 Å². The van der Waals surface area contributed by atoms with Gasteiger partial charge in [0.1, 0.15) is 5.82 Å². The number of fused-ring (bicyclic) bond motifs is 3. The molecule has 1 aliphatic rings. The van der Waals surface area contributed by atoms with Crippen molar-refractivity contribution in [1.82, 2.24) is 30.2 Å². The second-order valence-electron chi connectivity index (χ2n) is 9.71. The largest absolute Gasteiger partial charge is 0.323 e. The van der Waals surface area contributed by atoms with Crippen LogP contribution in [-0.4, -0.2) is 30.2 Å². The summed E-state index contributed by atoms with van der Waals surface area (Å²) < 4.78 is 2.40. The highest BCUT2D eigenvalue weighted by molar-refractivity contribution is 5.98. The zero-order valence-corrected chi connectivity index (χ0v) is 21.0. The molecule has 0 aliphatic heterocycles. The summed E-state index contributed by atoms with van der Waals surface area (Å²) >= 11 is 0. The molecule has 2 aromatic heterocycles. The van der Waals surface area contributed by atoms with Crippen molar-refractivity contribution in [1.29, 1.82) is 0 Å². The predicted octanol–water partition coefficient (Wildman–Crippen LogP) is 5.94. The Morgan fingerprint density at radius 3 is 2.64 bits per heavy atom. The number of aromatic amines is 1. The normalized spacial score (nSPS) is 14.4. The Bertz CT molecular complexity index is 1590. The van der Waals surface area contributed by atoms with Crippen LogP contribution in [0.3, 0.4) is 0 Å². The minimum absolute atomic E-state index is 0.709. The van der Waals surface area contributed by atoms with Crippen molar-refractivity contribution >= 4 is 22.2 Å². The van der Waals surface area contributed by atoms with Crippen molar-refractivity contribution in [3.05, 3.63) is 106 Å². The lowest BCUT2D eigenvalue weighted by Crippen LogP contribution is -2.06. The smallest absolute Gasteiger partial charge is 0.175 e. The summed E-state index contributed by atoms with van der Waals surface area (Å²) in [4.78, 5) is 5.02. The first-order valence-corrected chi connectivity index (χ1v) is 12.7. The van der Waals surface area contributed by atoms with Crippen LogP contribution >= 0.6 is 0 Å². The van der Waals surface area contributed by atoms with E-state index in [0.29, 0.717) is 5.82 Å². The zero-order chi connectivity index (χ0) is 24.6. The number of rotatable bonds is 5. The molecule has 3 aromatic carbocycles. The number of aryl methyl sites for hydroxylation is 4. The van der Waals surface area contributed by atoms with Gasteiger partial charge in [-0.15, -0.1) is 5.10 Å². The SMILES string of the molecule is CCCc1nc2c(C)cccc2n1Cc1ccc2c(c1)CCc1ccccc1C2=C(C)c1nnn[nH]1. The van der Waals surface area contributed by atoms with E-state index in [2.05, 4.69) is 107 Å². The van der Waals surface area contributed by atoms with Gasteiger partial charge in [0.2, 0.25) is 0 Å². The number of nitrogens with one attached hydrogen (secondary N) is 1. The molecule has 0 amide bonds. The second-order valence-corrected chi connectivity index (χ2v) is 9.71. The summed E-state index contributed by atoms with van der Waals surface area (Å²) in [6.07, 6.45) is 4.06. The molecule has 0 radical (unpaired) electrons. The Balaban J connectivity index is 1.47. The number of H-pyrrole nitrogens is 1. The molecule has 0 spiro atoms. The van der Waals surface area contributed by atoms with Crippen molar-refractivity contribution in [2.45, 2.75) is 53.0 Å². The summed E-state index contributed by atoms with van der Waals surface area (Å²) in [5.41, 5.74) is 12.4. The van der Waals surface area contributed by atoms with E-state index in [4.69, 9.17) is 4.98 Å². The highest BCUT2D eigenvalue weighted by Crippen LogP contribution is 2.38. The fourth-order valence-electron chi connectivity index (χ4n) is 5.54. The van der Waals surface area contributed by atoms with E-state index in [1.165, 1.54) is 50.3 Å². The molecule has 180 valence electrons. The standard InChI is InChI=1S/C30H30N6/c1-4-8-27-31-29-19(2)9-7-12-26(29)36(27)18-21-13-16-25-23(17-21)15-14-22-10-5-6-11-24(22)28(25)20(3)30-32-34-35-33-30/h5-7,9-13,16-17H,4,8,14-15,18H2,1-3H3,(H,32,33,34,35). The van der Waals surface area contributed by atoms with Crippen LogP contribution in [0.15, 0.2) is 60.7 Å². The molecule has 6 nitrogen and oxygen atoms in total. The number of allylic oxidation sites excluding steroid dienone is 1. The van der Waals surface area contributed by atoms with E-state index in [1.807, 2.05) is 0 Å². The average molecular weight is 475 g/mol. The molecule has 6 heteroatoms. The summed E-state index contributed by atoms with van der Waals surface area (Å²) in [6.45, 7) is 7.29. The Morgan fingerprint density at radius 1 is 0.972 bits per heavy atom. The topological polar surface area (TPSA) is 72.3 Å². The van der Waals surface area contributed by atoms with Crippen molar-refractivity contribution in [3.8, 4) is 0 Å². The second kappa shape index (κ2) is 9.19. The maximum Gasteiger partial charge on any atom is 0.175 e. The number of tetrazole rings is 1. The van der Waals surface area contributed by atoms with Crippen molar-refractivity contribution in [2.75, 3.05) is 0 Å². The van der Waals surface area contributed by atoms with E-state index in [1.54, 1.807) is 0 Å². The van der Waals surface area contributed by atoms with Gasteiger partial charge in [-0.2, -0.15) is 0 Å². The van der Waals surface area contributed by atoms with Gasteiger partial charge in [-0.1, -0.05) is 61.5 Å². The highest BCUT2D eigenvalue weighted by atomic mass is 15.5. The summed E-state index contributed by atoms with van der Waals surface area (Å²) in [5.74, 6) is 1.87. The van der Waals surface area contributed by atoms with E-state index in [-0.39, 0.29) is 0 Å². The number of benzene rings is 3. The predicted molar refractivity (Wildman–Crippen MR) is 144 cm³/mol. The summed E-state index contributed by atoms with van der Waals surface area (Å²) in [5, 5.41) is 14.8. The lowest BCUT2D eigenvalue weighted by Gasteiger charge is -2.16. The monoisotopic (exact) mass is 474 g/mol. The fourth-order valence-corrected chi connectivity index (χ4v) is 5.54. The first-order chi connectivity index (χ1) is 17.6. The van der Waals surface area contributed by atoms with Crippen LogP contribution < -0.4 is 0 Å². The molecule has 1 aliphatic carbocycles. The molecule has 0 saturated heterocycles. The molecular weight excluding hydrogens is 444 g/mol. The molecule has 6 rings (SSSR count). The van der Waals surface area contributed by atoms with E-state index >= 15 is 0 Å². The molecule has 0 saturated carbocycles. The van der Waals surface area contributed by atoms with Gasteiger partial charge in [0.05, 0.1) is 11.0 Å². The number of hydrogen-bond acceptors (Lipinski definition) is 4. The minimum Gasteiger partial charge on any atom is -0.323 e. The van der Waals surface area contributed by atoms with Gasteiger partial charge in [0.15, 0.2) is 5.82 Å². The van der Waals surface area contributed by atoms with Gasteiger partial charge in [-0.3, -0.25) is 0 Å². The van der Waals surface area contributed by atoms with Crippen LogP contribution in [0, 0.1) is 6.92 Å². The van der Waals surface area contributed by atoms with Crippen LogP contribution in [0.5, 0.6) is 0 Å². The van der Waals surface area contributed by atoms with Gasteiger partial charge in [0, 0.05) is 18.5 Å². The molecule has 36 heavy (non-hydrogen) atoms. The molecule has 1 N–H and O–H groups in total. The van der Waals surface area contributed by atoms with Crippen LogP contribution in [0.2, 0.25) is 0 Å². The maximum atomic E-state index is 5.02. The van der Waals surface area contributed by atoms with Crippen molar-refractivity contribution < 1.29 is 0 Å². The van der Waals surface area contributed by atoms with Gasteiger partial charge in [-0.25, -0.2) is 10.1 Å². The Morgan fingerprint density at radius 2 is 1.81 bits per heavy atom. The lowest BCUT2D eigenvalue weighted by molar-refractivity contribution is 0.721. The first kappa shape index (κ1) is 22.4. The fraction of sp³-hybridized carbons (Fsp3) is 0.267. The van der Waals surface area contributed by atoms with E-state index in [9.17, 15) is 0 Å². The van der Waals surface area contributed by atoms with Gasteiger partial charge in [0.25, 0.3) is 0 Å². The van der Waals surface area contributed by atoms with Gasteiger partial charge in [-0.05, 0) is 88.6 Å². The summed E-state index contributed by atoms with van der Waals surface area (Å²) in [6, 6.07) is 22.1. The molecule has 0 fully saturated rings. The maximum absolute atomic E-state index is 5.02. The average Bonchev–Trinajstić information content (AvgIpc) is 3.51. The number of nitrogens with zero attached hydrogens (tertiary/aromatic N) is 5.